The number of pyridine rings is 1. The molecule has 108 valence electrons. The Balaban J connectivity index is 1.28. The minimum atomic E-state index is 0.923. The van der Waals surface area contributed by atoms with E-state index < -0.39 is 0 Å². The number of fused-ring (bicyclic) bond motifs is 1. The third-order valence-electron chi connectivity index (χ3n) is 5.51. The molecule has 1 aromatic rings. The van der Waals surface area contributed by atoms with Gasteiger partial charge in [0.05, 0.1) is 0 Å². The van der Waals surface area contributed by atoms with E-state index >= 15 is 0 Å². The van der Waals surface area contributed by atoms with Crippen LogP contribution in [0, 0.1) is 17.8 Å². The molecule has 2 saturated heterocycles. The van der Waals surface area contributed by atoms with Gasteiger partial charge in [0.25, 0.3) is 0 Å². The van der Waals surface area contributed by atoms with Crippen LogP contribution < -0.4 is 0 Å². The van der Waals surface area contributed by atoms with Crippen LogP contribution in [0.25, 0.3) is 0 Å². The maximum absolute atomic E-state index is 4.22. The lowest BCUT2D eigenvalue weighted by Gasteiger charge is -2.30. The summed E-state index contributed by atoms with van der Waals surface area (Å²) in [7, 11) is 0. The third kappa shape index (κ3) is 2.61. The second-order valence-corrected chi connectivity index (χ2v) is 7.09. The van der Waals surface area contributed by atoms with E-state index in [9.17, 15) is 0 Å². The zero-order valence-corrected chi connectivity index (χ0v) is 12.2. The van der Waals surface area contributed by atoms with Gasteiger partial charge in [-0.2, -0.15) is 0 Å². The van der Waals surface area contributed by atoms with Crippen LogP contribution >= 0.6 is 0 Å². The van der Waals surface area contributed by atoms with Crippen LogP contribution in [-0.2, 0) is 6.54 Å². The highest BCUT2D eigenvalue weighted by atomic mass is 15.2. The normalized spacial score (nSPS) is 31.4. The summed E-state index contributed by atoms with van der Waals surface area (Å²) in [4.78, 5) is 9.61. The van der Waals surface area contributed by atoms with Crippen molar-refractivity contribution in [1.82, 2.24) is 14.8 Å². The molecule has 0 bridgehead atoms. The summed E-state index contributed by atoms with van der Waals surface area (Å²) in [5, 5.41) is 0. The van der Waals surface area contributed by atoms with E-state index in [1.807, 2.05) is 18.5 Å². The van der Waals surface area contributed by atoms with Gasteiger partial charge in [0.2, 0.25) is 0 Å². The van der Waals surface area contributed by atoms with Crippen molar-refractivity contribution in [3.8, 4) is 0 Å². The minimum absolute atomic E-state index is 0.923. The molecule has 3 fully saturated rings. The largest absolute Gasteiger partial charge is 0.302 e. The van der Waals surface area contributed by atoms with E-state index in [0.717, 1.165) is 24.3 Å². The van der Waals surface area contributed by atoms with Crippen LogP contribution in [0.1, 0.15) is 24.8 Å². The van der Waals surface area contributed by atoms with Gasteiger partial charge < -0.3 is 4.90 Å². The molecule has 0 aromatic carbocycles. The van der Waals surface area contributed by atoms with Crippen molar-refractivity contribution in [2.75, 3.05) is 32.7 Å². The first-order valence-corrected chi connectivity index (χ1v) is 8.20. The number of hydrogen-bond donors (Lipinski definition) is 0. The van der Waals surface area contributed by atoms with Gasteiger partial charge in [0.1, 0.15) is 0 Å². The summed E-state index contributed by atoms with van der Waals surface area (Å²) >= 11 is 0. The highest BCUT2D eigenvalue weighted by Gasteiger charge is 2.40. The van der Waals surface area contributed by atoms with Crippen molar-refractivity contribution in [3.63, 3.8) is 0 Å². The van der Waals surface area contributed by atoms with Crippen molar-refractivity contribution in [3.05, 3.63) is 30.1 Å². The van der Waals surface area contributed by atoms with Crippen molar-refractivity contribution in [1.29, 1.82) is 0 Å². The molecule has 2 atom stereocenters. The molecule has 0 unspecified atom stereocenters. The Kier molecular flexibility index (Phi) is 3.49. The first kappa shape index (κ1) is 12.8. The lowest BCUT2D eigenvalue weighted by molar-refractivity contribution is 0.183. The van der Waals surface area contributed by atoms with Crippen LogP contribution in [-0.4, -0.2) is 47.5 Å². The van der Waals surface area contributed by atoms with Crippen LogP contribution in [0.4, 0.5) is 0 Å². The molecule has 3 aliphatic rings. The average molecular weight is 271 g/mol. The number of hydrogen-bond acceptors (Lipinski definition) is 3. The molecule has 0 amide bonds. The summed E-state index contributed by atoms with van der Waals surface area (Å²) in [5.74, 6) is 2.87. The average Bonchev–Trinajstić information content (AvgIpc) is 2.93. The van der Waals surface area contributed by atoms with Gasteiger partial charge in [-0.1, -0.05) is 12.5 Å². The SMILES string of the molecule is c1cncc(CN2C[C@@H]3CN(CC4CCC4)C[C@@H]3C2)c1. The molecule has 1 aliphatic carbocycles. The Labute approximate surface area is 122 Å². The number of nitrogens with zero attached hydrogens (tertiary/aromatic N) is 3. The van der Waals surface area contributed by atoms with Gasteiger partial charge in [-0.15, -0.1) is 0 Å². The second-order valence-electron chi connectivity index (χ2n) is 7.09. The van der Waals surface area contributed by atoms with Gasteiger partial charge in [-0.25, -0.2) is 0 Å². The maximum Gasteiger partial charge on any atom is 0.0312 e. The molecule has 1 saturated carbocycles. The van der Waals surface area contributed by atoms with Crippen LogP contribution in [0.15, 0.2) is 24.5 Å². The Hall–Kier alpha value is -0.930. The zero-order valence-electron chi connectivity index (χ0n) is 12.2. The molecule has 3 heteroatoms. The Morgan fingerprint density at radius 1 is 1.05 bits per heavy atom. The van der Waals surface area contributed by atoms with E-state index in [0.29, 0.717) is 0 Å². The first-order valence-electron chi connectivity index (χ1n) is 8.20. The maximum atomic E-state index is 4.22. The molecule has 3 nitrogen and oxygen atoms in total. The van der Waals surface area contributed by atoms with E-state index in [2.05, 4.69) is 20.9 Å². The number of aromatic nitrogens is 1. The molecule has 0 radical (unpaired) electrons. The molecule has 0 spiro atoms. The van der Waals surface area contributed by atoms with Gasteiger partial charge in [0, 0.05) is 51.7 Å². The Morgan fingerprint density at radius 3 is 2.40 bits per heavy atom. The van der Waals surface area contributed by atoms with E-state index in [1.165, 1.54) is 57.5 Å². The Bertz CT molecular complexity index is 429. The van der Waals surface area contributed by atoms with Crippen molar-refractivity contribution in [2.45, 2.75) is 25.8 Å². The monoisotopic (exact) mass is 271 g/mol. The van der Waals surface area contributed by atoms with Crippen molar-refractivity contribution < 1.29 is 0 Å². The minimum Gasteiger partial charge on any atom is -0.302 e. The summed E-state index contributed by atoms with van der Waals surface area (Å²) in [6.07, 6.45) is 8.32. The summed E-state index contributed by atoms with van der Waals surface area (Å²) < 4.78 is 0. The molecule has 20 heavy (non-hydrogen) atoms. The molecule has 4 rings (SSSR count). The van der Waals surface area contributed by atoms with Crippen LogP contribution in [0.5, 0.6) is 0 Å². The van der Waals surface area contributed by atoms with E-state index in [1.54, 1.807) is 0 Å². The zero-order chi connectivity index (χ0) is 13.4. The summed E-state index contributed by atoms with van der Waals surface area (Å²) in [6, 6.07) is 4.25. The predicted molar refractivity (Wildman–Crippen MR) is 80.3 cm³/mol. The second kappa shape index (κ2) is 5.45. The smallest absolute Gasteiger partial charge is 0.0312 e. The van der Waals surface area contributed by atoms with Gasteiger partial charge in [0.15, 0.2) is 0 Å². The topological polar surface area (TPSA) is 19.4 Å². The van der Waals surface area contributed by atoms with E-state index in [-0.39, 0.29) is 0 Å². The first-order chi connectivity index (χ1) is 9.87. The quantitative estimate of drug-likeness (QED) is 0.837. The fourth-order valence-corrected chi connectivity index (χ4v) is 4.26. The Morgan fingerprint density at radius 2 is 1.80 bits per heavy atom. The molecular formula is C17H25N3. The van der Waals surface area contributed by atoms with Gasteiger partial charge in [-0.3, -0.25) is 9.88 Å². The fourth-order valence-electron chi connectivity index (χ4n) is 4.26. The third-order valence-corrected chi connectivity index (χ3v) is 5.51. The fraction of sp³-hybridized carbons (Fsp3) is 0.706. The van der Waals surface area contributed by atoms with Crippen molar-refractivity contribution >= 4 is 0 Å². The predicted octanol–water partition coefficient (Wildman–Crippen LogP) is 2.25. The van der Waals surface area contributed by atoms with Gasteiger partial charge in [-0.05, 0) is 42.2 Å². The molecule has 3 heterocycles. The number of rotatable bonds is 4. The van der Waals surface area contributed by atoms with Crippen LogP contribution in [0.3, 0.4) is 0 Å². The van der Waals surface area contributed by atoms with Gasteiger partial charge >= 0.3 is 0 Å². The highest BCUT2D eigenvalue weighted by Crippen LogP contribution is 2.34. The summed E-state index contributed by atoms with van der Waals surface area (Å²) in [6.45, 7) is 7.76. The molecule has 2 aliphatic heterocycles. The lowest BCUT2D eigenvalue weighted by atomic mass is 9.85. The lowest BCUT2D eigenvalue weighted by Crippen LogP contribution is -2.34. The molecule has 1 aromatic heterocycles. The number of likely N-dealkylation sites (tertiary alicyclic amines) is 2. The van der Waals surface area contributed by atoms with E-state index in [4.69, 9.17) is 0 Å². The molecule has 0 N–H and O–H groups in total. The van der Waals surface area contributed by atoms with Crippen LogP contribution in [0.2, 0.25) is 0 Å². The standard InChI is InChI=1S/C17H25N3/c1-3-14(4-1)8-19-10-16-12-20(13-17(16)11-19)9-15-5-2-6-18-7-15/h2,5-7,14,16-17H,1,3-4,8-13H2/t16-,17+. The highest BCUT2D eigenvalue weighted by molar-refractivity contribution is 5.09. The molecular weight excluding hydrogens is 246 g/mol. The van der Waals surface area contributed by atoms with Crippen molar-refractivity contribution in [2.24, 2.45) is 17.8 Å². The summed E-state index contributed by atoms with van der Waals surface area (Å²) in [5.41, 5.74) is 1.36.